The molecular formula is C7H13NOS2. The molecule has 0 aromatic heterocycles. The van der Waals surface area contributed by atoms with E-state index < -0.39 is 0 Å². The van der Waals surface area contributed by atoms with Crippen LogP contribution in [0.1, 0.15) is 12.8 Å². The van der Waals surface area contributed by atoms with Crippen molar-refractivity contribution < 1.29 is 5.11 Å². The second kappa shape index (κ2) is 4.28. The molecule has 1 rings (SSSR count). The zero-order valence-electron chi connectivity index (χ0n) is 6.36. The minimum Gasteiger partial charge on any atom is -0.396 e. The molecule has 1 N–H and O–H groups in total. The summed E-state index contributed by atoms with van der Waals surface area (Å²) < 4.78 is 0.656. The van der Waals surface area contributed by atoms with Crippen LogP contribution in [0, 0.1) is 5.92 Å². The lowest BCUT2D eigenvalue weighted by molar-refractivity contribution is 0.163. The highest BCUT2D eigenvalue weighted by atomic mass is 32.1. The molecule has 0 aromatic rings. The van der Waals surface area contributed by atoms with E-state index >= 15 is 0 Å². The summed E-state index contributed by atoms with van der Waals surface area (Å²) in [4.78, 5) is 2.04. The normalized spacial score (nSPS) is 25.3. The maximum Gasteiger partial charge on any atom is 0.133 e. The zero-order valence-corrected chi connectivity index (χ0v) is 8.07. The smallest absolute Gasteiger partial charge is 0.133 e. The Morgan fingerprint density at radius 1 is 1.73 bits per heavy atom. The first-order valence-electron chi connectivity index (χ1n) is 3.82. The van der Waals surface area contributed by atoms with Gasteiger partial charge in [-0.1, -0.05) is 12.2 Å². The molecule has 0 saturated carbocycles. The predicted molar refractivity (Wildman–Crippen MR) is 53.0 cm³/mol. The fraction of sp³-hybridized carbons (Fsp3) is 0.857. The first kappa shape index (κ1) is 9.29. The van der Waals surface area contributed by atoms with Crippen molar-refractivity contribution in [2.45, 2.75) is 12.8 Å². The number of nitrogens with zero attached hydrogens (tertiary/aromatic N) is 1. The van der Waals surface area contributed by atoms with Crippen LogP contribution < -0.4 is 0 Å². The van der Waals surface area contributed by atoms with Crippen LogP contribution in [0.2, 0.25) is 0 Å². The van der Waals surface area contributed by atoms with Crippen LogP contribution in [0.15, 0.2) is 0 Å². The predicted octanol–water partition coefficient (Wildman–Crippen LogP) is 0.905. The Kier molecular flexibility index (Phi) is 3.62. The van der Waals surface area contributed by atoms with Gasteiger partial charge in [0.1, 0.15) is 4.32 Å². The van der Waals surface area contributed by atoms with Crippen molar-refractivity contribution in [1.82, 2.24) is 4.90 Å². The highest BCUT2D eigenvalue weighted by molar-refractivity contribution is 8.10. The van der Waals surface area contributed by atoms with E-state index in [9.17, 15) is 0 Å². The van der Waals surface area contributed by atoms with Gasteiger partial charge in [-0.25, -0.2) is 0 Å². The molecule has 64 valence electrons. The summed E-state index contributed by atoms with van der Waals surface area (Å²) in [5.74, 6) is 0.397. The Balaban J connectivity index is 2.39. The molecule has 0 aliphatic carbocycles. The number of aliphatic hydroxyl groups excluding tert-OH is 1. The van der Waals surface area contributed by atoms with Crippen LogP contribution in [0.5, 0.6) is 0 Å². The topological polar surface area (TPSA) is 23.5 Å². The molecule has 0 bridgehead atoms. The number of piperidine rings is 1. The Hall–Kier alpha value is 0.200. The van der Waals surface area contributed by atoms with Crippen LogP contribution in [0.3, 0.4) is 0 Å². The molecule has 1 fully saturated rings. The summed E-state index contributed by atoms with van der Waals surface area (Å²) in [6, 6.07) is 0. The van der Waals surface area contributed by atoms with Gasteiger partial charge in [0.15, 0.2) is 0 Å². The maximum atomic E-state index is 8.90. The first-order valence-corrected chi connectivity index (χ1v) is 4.68. The van der Waals surface area contributed by atoms with Crippen molar-refractivity contribution >= 4 is 29.2 Å². The largest absolute Gasteiger partial charge is 0.396 e. The van der Waals surface area contributed by atoms with E-state index in [1.54, 1.807) is 0 Å². The third-order valence-corrected chi connectivity index (χ3v) is 2.59. The van der Waals surface area contributed by atoms with Gasteiger partial charge in [0.05, 0.1) is 0 Å². The van der Waals surface area contributed by atoms with Gasteiger partial charge >= 0.3 is 0 Å². The van der Waals surface area contributed by atoms with E-state index in [4.69, 9.17) is 17.3 Å². The molecule has 2 nitrogen and oxygen atoms in total. The summed E-state index contributed by atoms with van der Waals surface area (Å²) in [7, 11) is 0. The van der Waals surface area contributed by atoms with Gasteiger partial charge < -0.3 is 10.0 Å². The molecule has 0 spiro atoms. The van der Waals surface area contributed by atoms with Gasteiger partial charge in [0, 0.05) is 19.7 Å². The molecule has 11 heavy (non-hydrogen) atoms. The second-order valence-corrected chi connectivity index (χ2v) is 4.03. The molecule has 1 aliphatic rings. The van der Waals surface area contributed by atoms with Gasteiger partial charge in [-0.3, -0.25) is 0 Å². The number of rotatable bonds is 1. The molecule has 4 heteroatoms. The Labute approximate surface area is 78.0 Å². The van der Waals surface area contributed by atoms with E-state index in [-0.39, 0.29) is 6.61 Å². The Morgan fingerprint density at radius 3 is 3.00 bits per heavy atom. The van der Waals surface area contributed by atoms with Crippen molar-refractivity contribution in [1.29, 1.82) is 0 Å². The molecule has 0 radical (unpaired) electrons. The Morgan fingerprint density at radius 2 is 2.45 bits per heavy atom. The van der Waals surface area contributed by atoms with Crippen LogP contribution in [-0.2, 0) is 0 Å². The zero-order chi connectivity index (χ0) is 8.27. The van der Waals surface area contributed by atoms with Crippen molar-refractivity contribution in [3.8, 4) is 0 Å². The minimum atomic E-state index is 0.271. The van der Waals surface area contributed by atoms with Gasteiger partial charge in [0.2, 0.25) is 0 Å². The number of likely N-dealkylation sites (tertiary alicyclic amines) is 1. The Bertz CT molecular complexity index is 151. The van der Waals surface area contributed by atoms with E-state index in [1.807, 2.05) is 4.90 Å². The fourth-order valence-electron chi connectivity index (χ4n) is 1.39. The number of hydrogen-bond acceptors (Lipinski definition) is 2. The lowest BCUT2D eigenvalue weighted by atomic mass is 10.00. The molecule has 1 saturated heterocycles. The molecule has 1 aliphatic heterocycles. The summed E-state index contributed by atoms with van der Waals surface area (Å²) in [5.41, 5.74) is 0. The lowest BCUT2D eigenvalue weighted by Crippen LogP contribution is -2.38. The molecular weight excluding hydrogens is 178 g/mol. The van der Waals surface area contributed by atoms with E-state index in [1.165, 1.54) is 0 Å². The number of thiocarbonyl (C=S) groups is 1. The first-order chi connectivity index (χ1) is 5.24. The molecule has 0 aromatic carbocycles. The van der Waals surface area contributed by atoms with Crippen LogP contribution in [-0.4, -0.2) is 34.0 Å². The van der Waals surface area contributed by atoms with Gasteiger partial charge in [0.25, 0.3) is 0 Å². The van der Waals surface area contributed by atoms with Crippen molar-refractivity contribution in [3.05, 3.63) is 0 Å². The van der Waals surface area contributed by atoms with E-state index in [0.29, 0.717) is 10.2 Å². The summed E-state index contributed by atoms with van der Waals surface area (Å²) in [5, 5.41) is 8.90. The van der Waals surface area contributed by atoms with Gasteiger partial charge in [-0.05, 0) is 18.8 Å². The van der Waals surface area contributed by atoms with Crippen molar-refractivity contribution in [2.24, 2.45) is 5.92 Å². The second-order valence-electron chi connectivity index (χ2n) is 2.92. The number of thiol groups is 1. The SMILES string of the molecule is OCC1CCCN(C(=S)S)C1. The third-order valence-electron chi connectivity index (χ3n) is 2.05. The molecule has 0 amide bonds. The lowest BCUT2D eigenvalue weighted by Gasteiger charge is -2.31. The van der Waals surface area contributed by atoms with Crippen LogP contribution in [0.4, 0.5) is 0 Å². The highest BCUT2D eigenvalue weighted by Crippen LogP contribution is 2.16. The minimum absolute atomic E-state index is 0.271. The van der Waals surface area contributed by atoms with Gasteiger partial charge in [-0.2, -0.15) is 0 Å². The third kappa shape index (κ3) is 2.61. The van der Waals surface area contributed by atoms with Gasteiger partial charge in [-0.15, -0.1) is 12.6 Å². The monoisotopic (exact) mass is 191 g/mol. The summed E-state index contributed by atoms with van der Waals surface area (Å²) >= 11 is 9.02. The molecule has 1 unspecified atom stereocenters. The molecule has 1 heterocycles. The molecule has 1 atom stereocenters. The average Bonchev–Trinajstić information content (AvgIpc) is 2.05. The van der Waals surface area contributed by atoms with Crippen LogP contribution >= 0.6 is 24.8 Å². The van der Waals surface area contributed by atoms with E-state index in [0.717, 1.165) is 25.9 Å². The standard InChI is InChI=1S/C7H13NOS2/c9-5-6-2-1-3-8(4-6)7(10)11/h6,9H,1-5H2,(H,10,11). The maximum absolute atomic E-state index is 8.90. The average molecular weight is 191 g/mol. The number of hydrogen-bond donors (Lipinski definition) is 2. The van der Waals surface area contributed by atoms with Crippen molar-refractivity contribution in [2.75, 3.05) is 19.7 Å². The van der Waals surface area contributed by atoms with E-state index in [2.05, 4.69) is 12.6 Å². The van der Waals surface area contributed by atoms with Crippen LogP contribution in [0.25, 0.3) is 0 Å². The summed E-state index contributed by atoms with van der Waals surface area (Å²) in [6.45, 7) is 2.14. The highest BCUT2D eigenvalue weighted by Gasteiger charge is 2.19. The quantitative estimate of drug-likeness (QED) is 0.476. The fourth-order valence-corrected chi connectivity index (χ4v) is 1.74. The van der Waals surface area contributed by atoms with Crippen molar-refractivity contribution in [3.63, 3.8) is 0 Å². The summed E-state index contributed by atoms with van der Waals surface area (Å²) in [6.07, 6.45) is 2.23. The number of aliphatic hydroxyl groups is 1.